The highest BCUT2D eigenvalue weighted by molar-refractivity contribution is 5.76. The summed E-state index contributed by atoms with van der Waals surface area (Å²) in [5.74, 6) is 0.455. The normalized spacial score (nSPS) is 14.9. The molecule has 0 atom stereocenters. The van der Waals surface area contributed by atoms with Gasteiger partial charge in [-0.05, 0) is 23.8 Å². The second-order valence-electron chi connectivity index (χ2n) is 6.74. The summed E-state index contributed by atoms with van der Waals surface area (Å²) < 4.78 is 6.58. The summed E-state index contributed by atoms with van der Waals surface area (Å²) in [6.45, 7) is 3.70. The van der Waals surface area contributed by atoms with E-state index < -0.39 is 0 Å². The lowest BCUT2D eigenvalue weighted by atomic mass is 10.2. The fourth-order valence-electron chi connectivity index (χ4n) is 3.25. The highest BCUT2D eigenvalue weighted by Gasteiger charge is 2.21. The van der Waals surface area contributed by atoms with E-state index >= 15 is 0 Å². The van der Waals surface area contributed by atoms with Crippen molar-refractivity contribution in [1.82, 2.24) is 24.3 Å². The van der Waals surface area contributed by atoms with Crippen LogP contribution in [0.25, 0.3) is 11.5 Å². The van der Waals surface area contributed by atoms with Crippen molar-refractivity contribution in [2.45, 2.75) is 13.1 Å². The van der Waals surface area contributed by atoms with Crippen LogP contribution in [0.5, 0.6) is 0 Å². The number of carbonyl (C=O) groups excluding carboxylic acids is 1. The Kier molecular flexibility index (Phi) is 5.29. The molecule has 1 saturated heterocycles. The number of carbonyl (C=O) groups is 1. The summed E-state index contributed by atoms with van der Waals surface area (Å²) in [5, 5.41) is 0. The summed E-state index contributed by atoms with van der Waals surface area (Å²) in [4.78, 5) is 37.4. The molecule has 0 radical (unpaired) electrons. The molecule has 144 valence electrons. The molecule has 3 aromatic rings. The molecule has 0 saturated carbocycles. The van der Waals surface area contributed by atoms with Crippen LogP contribution in [0.15, 0.2) is 64.5 Å². The number of hydrogen-bond acceptors (Lipinski definition) is 6. The molecule has 0 aliphatic carbocycles. The second kappa shape index (κ2) is 8.18. The fourth-order valence-corrected chi connectivity index (χ4v) is 3.25. The van der Waals surface area contributed by atoms with Gasteiger partial charge in [-0.25, -0.2) is 4.98 Å². The van der Waals surface area contributed by atoms with Crippen molar-refractivity contribution in [3.05, 3.63) is 71.2 Å². The fraction of sp³-hybridized carbons (Fsp3) is 0.300. The SMILES string of the molecule is O=C(Cn1cnc(-c2ccco2)cc1=O)N1CCN(Cc2cccnc2)CC1. The third kappa shape index (κ3) is 4.17. The van der Waals surface area contributed by atoms with Crippen LogP contribution in [-0.4, -0.2) is 56.4 Å². The molecule has 8 nitrogen and oxygen atoms in total. The van der Waals surface area contributed by atoms with Crippen molar-refractivity contribution in [3.63, 3.8) is 0 Å². The summed E-state index contributed by atoms with van der Waals surface area (Å²) in [6.07, 6.45) is 6.55. The van der Waals surface area contributed by atoms with Gasteiger partial charge in [0.25, 0.3) is 5.56 Å². The van der Waals surface area contributed by atoms with E-state index in [1.165, 1.54) is 23.2 Å². The molecule has 0 spiro atoms. The topological polar surface area (TPSA) is 84.5 Å². The molecule has 4 rings (SSSR count). The summed E-state index contributed by atoms with van der Waals surface area (Å²) in [5.41, 5.74) is 1.35. The standard InChI is InChI=1S/C20H21N5O3/c26-19-11-17(18-4-2-10-28-18)22-15-25(19)14-20(27)24-8-6-23(7-9-24)13-16-3-1-5-21-12-16/h1-5,10-12,15H,6-9,13-14H2. The van der Waals surface area contributed by atoms with Gasteiger partial charge in [-0.15, -0.1) is 0 Å². The maximum absolute atomic E-state index is 12.6. The van der Waals surface area contributed by atoms with Gasteiger partial charge >= 0.3 is 0 Å². The second-order valence-corrected chi connectivity index (χ2v) is 6.74. The number of piperazine rings is 1. The largest absolute Gasteiger partial charge is 0.463 e. The third-order valence-corrected chi connectivity index (χ3v) is 4.81. The molecule has 0 unspecified atom stereocenters. The first-order valence-corrected chi connectivity index (χ1v) is 9.18. The van der Waals surface area contributed by atoms with Gasteiger partial charge in [0.15, 0.2) is 5.76 Å². The van der Waals surface area contributed by atoms with E-state index in [4.69, 9.17) is 4.42 Å². The summed E-state index contributed by atoms with van der Waals surface area (Å²) >= 11 is 0. The molecular weight excluding hydrogens is 358 g/mol. The zero-order valence-corrected chi connectivity index (χ0v) is 15.4. The molecule has 1 aliphatic rings. The van der Waals surface area contributed by atoms with Gasteiger partial charge < -0.3 is 9.32 Å². The number of amides is 1. The van der Waals surface area contributed by atoms with Crippen LogP contribution in [0.3, 0.4) is 0 Å². The van der Waals surface area contributed by atoms with Crippen LogP contribution in [-0.2, 0) is 17.9 Å². The van der Waals surface area contributed by atoms with Crippen LogP contribution in [0, 0.1) is 0 Å². The van der Waals surface area contributed by atoms with Crippen molar-refractivity contribution in [1.29, 1.82) is 0 Å². The van der Waals surface area contributed by atoms with Crippen LogP contribution in [0.4, 0.5) is 0 Å². The average Bonchev–Trinajstić information content (AvgIpc) is 3.26. The molecule has 3 aromatic heterocycles. The van der Waals surface area contributed by atoms with Crippen LogP contribution < -0.4 is 5.56 Å². The molecule has 0 aromatic carbocycles. The van der Waals surface area contributed by atoms with Gasteiger partial charge in [0.2, 0.25) is 5.91 Å². The first-order chi connectivity index (χ1) is 13.7. The van der Waals surface area contributed by atoms with Gasteiger partial charge in [0, 0.05) is 51.2 Å². The quantitative estimate of drug-likeness (QED) is 0.663. The summed E-state index contributed by atoms with van der Waals surface area (Å²) in [6, 6.07) is 8.84. The van der Waals surface area contributed by atoms with E-state index in [0.29, 0.717) is 24.5 Å². The zero-order valence-electron chi connectivity index (χ0n) is 15.4. The lowest BCUT2D eigenvalue weighted by Crippen LogP contribution is -2.49. The Labute approximate surface area is 162 Å². The summed E-state index contributed by atoms with van der Waals surface area (Å²) in [7, 11) is 0. The van der Waals surface area contributed by atoms with E-state index in [0.717, 1.165) is 25.2 Å². The number of aromatic nitrogens is 3. The molecule has 4 heterocycles. The molecule has 8 heteroatoms. The maximum Gasteiger partial charge on any atom is 0.254 e. The molecule has 1 amide bonds. The Hall–Kier alpha value is -3.26. The van der Waals surface area contributed by atoms with Gasteiger partial charge in [-0.3, -0.25) is 24.0 Å². The number of pyridine rings is 1. The Morgan fingerprint density at radius 3 is 2.68 bits per heavy atom. The minimum atomic E-state index is -0.273. The lowest BCUT2D eigenvalue weighted by Gasteiger charge is -2.34. The van der Waals surface area contributed by atoms with Gasteiger partial charge in [0.1, 0.15) is 12.2 Å². The minimum Gasteiger partial charge on any atom is -0.463 e. The zero-order chi connectivity index (χ0) is 19.3. The van der Waals surface area contributed by atoms with Gasteiger partial charge in [0.05, 0.1) is 12.6 Å². The van der Waals surface area contributed by atoms with Crippen molar-refractivity contribution in [2.24, 2.45) is 0 Å². The molecule has 0 N–H and O–H groups in total. The first-order valence-electron chi connectivity index (χ1n) is 9.18. The van der Waals surface area contributed by atoms with Crippen molar-refractivity contribution < 1.29 is 9.21 Å². The Bertz CT molecular complexity index is 977. The van der Waals surface area contributed by atoms with Crippen LogP contribution >= 0.6 is 0 Å². The molecule has 1 aliphatic heterocycles. The molecule has 28 heavy (non-hydrogen) atoms. The first kappa shape index (κ1) is 18.1. The highest BCUT2D eigenvalue weighted by Crippen LogP contribution is 2.14. The minimum absolute atomic E-state index is 0.00707. The Balaban J connectivity index is 1.33. The highest BCUT2D eigenvalue weighted by atomic mass is 16.3. The van der Waals surface area contributed by atoms with E-state index in [-0.39, 0.29) is 18.0 Å². The predicted molar refractivity (Wildman–Crippen MR) is 102 cm³/mol. The number of rotatable bonds is 5. The van der Waals surface area contributed by atoms with E-state index in [2.05, 4.69) is 20.9 Å². The van der Waals surface area contributed by atoms with Crippen molar-refractivity contribution in [2.75, 3.05) is 26.2 Å². The number of hydrogen-bond donors (Lipinski definition) is 0. The third-order valence-electron chi connectivity index (χ3n) is 4.81. The number of furan rings is 1. The molecule has 1 fully saturated rings. The van der Waals surface area contributed by atoms with Crippen molar-refractivity contribution >= 4 is 5.91 Å². The smallest absolute Gasteiger partial charge is 0.254 e. The van der Waals surface area contributed by atoms with Crippen LogP contribution in [0.2, 0.25) is 0 Å². The average molecular weight is 379 g/mol. The molecule has 0 bridgehead atoms. The lowest BCUT2D eigenvalue weighted by molar-refractivity contribution is -0.133. The number of nitrogens with zero attached hydrogens (tertiary/aromatic N) is 5. The predicted octanol–water partition coefficient (Wildman–Crippen LogP) is 1.24. The van der Waals surface area contributed by atoms with Gasteiger partial charge in [-0.1, -0.05) is 6.07 Å². The molecular formula is C20H21N5O3. The van der Waals surface area contributed by atoms with Crippen molar-refractivity contribution in [3.8, 4) is 11.5 Å². The van der Waals surface area contributed by atoms with E-state index in [1.54, 1.807) is 23.2 Å². The van der Waals surface area contributed by atoms with Gasteiger partial charge in [-0.2, -0.15) is 0 Å². The van der Waals surface area contributed by atoms with Crippen LogP contribution in [0.1, 0.15) is 5.56 Å². The van der Waals surface area contributed by atoms with E-state index in [9.17, 15) is 9.59 Å². The van der Waals surface area contributed by atoms with E-state index in [1.807, 2.05) is 12.3 Å². The maximum atomic E-state index is 12.6. The Morgan fingerprint density at radius 1 is 1.14 bits per heavy atom. The monoisotopic (exact) mass is 379 g/mol. The Morgan fingerprint density at radius 2 is 2.00 bits per heavy atom.